The fourth-order valence-electron chi connectivity index (χ4n) is 5.97. The molecule has 1 spiro atoms. The summed E-state index contributed by atoms with van der Waals surface area (Å²) in [7, 11) is 0. The molecular weight excluding hydrogens is 400 g/mol. The first-order valence-corrected chi connectivity index (χ1v) is 11.4. The van der Waals surface area contributed by atoms with E-state index in [2.05, 4.69) is 26.9 Å². The molecule has 3 aromatic rings. The lowest BCUT2D eigenvalue weighted by atomic mass is 9.83. The highest BCUT2D eigenvalue weighted by Crippen LogP contribution is 2.39. The molecule has 4 heterocycles. The van der Waals surface area contributed by atoms with Crippen LogP contribution >= 0.6 is 0 Å². The minimum Gasteiger partial charge on any atom is -0.392 e. The molecule has 0 aliphatic carbocycles. The lowest BCUT2D eigenvalue weighted by Gasteiger charge is -2.61. The van der Waals surface area contributed by atoms with Gasteiger partial charge in [0.15, 0.2) is 0 Å². The van der Waals surface area contributed by atoms with Crippen LogP contribution in [0, 0.1) is 0 Å². The third-order valence-corrected chi connectivity index (χ3v) is 7.32. The topological polar surface area (TPSA) is 59.9 Å². The molecule has 3 aliphatic rings. The van der Waals surface area contributed by atoms with Gasteiger partial charge in [0.1, 0.15) is 0 Å². The molecule has 1 aromatic heterocycles. The van der Waals surface area contributed by atoms with Crippen LogP contribution in [0.3, 0.4) is 0 Å². The molecule has 32 heavy (non-hydrogen) atoms. The van der Waals surface area contributed by atoms with Crippen LogP contribution in [-0.4, -0.2) is 81.1 Å². The molecule has 6 nitrogen and oxygen atoms in total. The number of rotatable bonds is 3. The van der Waals surface area contributed by atoms with Gasteiger partial charge in [-0.1, -0.05) is 36.4 Å². The highest BCUT2D eigenvalue weighted by molar-refractivity contribution is 5.94. The van der Waals surface area contributed by atoms with Crippen LogP contribution in [0.1, 0.15) is 22.3 Å². The van der Waals surface area contributed by atoms with E-state index in [9.17, 15) is 9.90 Å². The number of aromatic nitrogens is 1. The number of carbonyl (C=O) groups excluding carboxylic acids is 1. The zero-order valence-electron chi connectivity index (χ0n) is 18.1. The molecule has 164 valence electrons. The SMILES string of the molecule is O=C(c1ccccc1)N1C[C@@H]2C[C@@H](O)CN2C2(CN(Cc3cnc4ccccc4c3)C2)C1. The monoisotopic (exact) mass is 428 g/mol. The number of amides is 1. The highest BCUT2D eigenvalue weighted by atomic mass is 16.3. The van der Waals surface area contributed by atoms with E-state index in [1.54, 1.807) is 0 Å². The standard InChI is InChI=1S/C26H28N4O2/c31-23-11-22-14-29(25(32)20-6-2-1-3-7-20)18-26(30(22)15-23)16-28(17-26)13-19-10-21-8-4-5-9-24(21)27-12-19/h1-10,12,22-23,31H,11,13-18H2/t22-,23+/m0/s1. The number of aliphatic hydroxyl groups is 1. The Bertz CT molecular complexity index is 1140. The first-order chi connectivity index (χ1) is 15.6. The Balaban J connectivity index is 1.20. The normalized spacial score (nSPS) is 25.1. The molecule has 1 amide bonds. The van der Waals surface area contributed by atoms with Gasteiger partial charge in [0, 0.05) is 62.5 Å². The van der Waals surface area contributed by atoms with Gasteiger partial charge in [-0.3, -0.25) is 19.6 Å². The Hall–Kier alpha value is -2.80. The first-order valence-electron chi connectivity index (χ1n) is 11.4. The Morgan fingerprint density at radius 3 is 2.66 bits per heavy atom. The van der Waals surface area contributed by atoms with Gasteiger partial charge in [-0.15, -0.1) is 0 Å². The Labute approximate surface area is 188 Å². The number of nitrogens with zero attached hydrogens (tertiary/aromatic N) is 4. The number of hydrogen-bond acceptors (Lipinski definition) is 5. The summed E-state index contributed by atoms with van der Waals surface area (Å²) in [5.41, 5.74) is 2.90. The third kappa shape index (κ3) is 3.39. The van der Waals surface area contributed by atoms with Crippen molar-refractivity contribution in [1.82, 2.24) is 19.7 Å². The van der Waals surface area contributed by atoms with E-state index in [1.165, 1.54) is 10.9 Å². The molecule has 3 aliphatic heterocycles. The summed E-state index contributed by atoms with van der Waals surface area (Å²) in [6.45, 7) is 4.79. The summed E-state index contributed by atoms with van der Waals surface area (Å²) >= 11 is 0. The van der Waals surface area contributed by atoms with Gasteiger partial charge in [0.2, 0.25) is 0 Å². The van der Waals surface area contributed by atoms with Crippen molar-refractivity contribution in [1.29, 1.82) is 0 Å². The summed E-state index contributed by atoms with van der Waals surface area (Å²) in [4.78, 5) is 24.8. The van der Waals surface area contributed by atoms with Crippen molar-refractivity contribution in [2.45, 2.75) is 30.7 Å². The predicted octanol–water partition coefficient (Wildman–Crippen LogP) is 2.38. The van der Waals surface area contributed by atoms with Crippen molar-refractivity contribution in [2.24, 2.45) is 0 Å². The van der Waals surface area contributed by atoms with E-state index in [0.29, 0.717) is 13.1 Å². The fraction of sp³-hybridized carbons (Fsp3) is 0.385. The van der Waals surface area contributed by atoms with Gasteiger partial charge in [0.25, 0.3) is 5.91 Å². The van der Waals surface area contributed by atoms with E-state index in [1.807, 2.05) is 59.6 Å². The van der Waals surface area contributed by atoms with E-state index in [4.69, 9.17) is 0 Å². The molecule has 6 heteroatoms. The summed E-state index contributed by atoms with van der Waals surface area (Å²) in [6.07, 6.45) is 2.42. The maximum atomic E-state index is 13.2. The van der Waals surface area contributed by atoms with Crippen LogP contribution in [0.2, 0.25) is 0 Å². The first kappa shape index (κ1) is 19.9. The fourth-order valence-corrected chi connectivity index (χ4v) is 5.97. The zero-order valence-corrected chi connectivity index (χ0v) is 18.1. The van der Waals surface area contributed by atoms with Gasteiger partial charge in [-0.05, 0) is 36.2 Å². The van der Waals surface area contributed by atoms with Crippen molar-refractivity contribution < 1.29 is 9.90 Å². The molecule has 3 saturated heterocycles. The van der Waals surface area contributed by atoms with Crippen LogP contribution in [0.15, 0.2) is 66.9 Å². The third-order valence-electron chi connectivity index (χ3n) is 7.32. The highest BCUT2D eigenvalue weighted by Gasteiger charge is 2.56. The number of para-hydroxylation sites is 1. The molecule has 0 bridgehead atoms. The van der Waals surface area contributed by atoms with Gasteiger partial charge in [-0.25, -0.2) is 0 Å². The maximum Gasteiger partial charge on any atom is 0.253 e. The largest absolute Gasteiger partial charge is 0.392 e. The number of fused-ring (bicyclic) bond motifs is 3. The van der Waals surface area contributed by atoms with Gasteiger partial charge in [-0.2, -0.15) is 0 Å². The average molecular weight is 429 g/mol. The summed E-state index contributed by atoms with van der Waals surface area (Å²) in [6, 6.07) is 20.2. The molecule has 0 unspecified atom stereocenters. The maximum absolute atomic E-state index is 13.2. The number of carbonyl (C=O) groups is 1. The van der Waals surface area contributed by atoms with Crippen LogP contribution in [0.5, 0.6) is 0 Å². The van der Waals surface area contributed by atoms with Crippen molar-refractivity contribution in [3.8, 4) is 0 Å². The second-order valence-electron chi connectivity index (χ2n) is 9.65. The molecule has 6 rings (SSSR count). The van der Waals surface area contributed by atoms with Crippen LogP contribution < -0.4 is 0 Å². The minimum atomic E-state index is -0.303. The summed E-state index contributed by atoms with van der Waals surface area (Å²) in [5.74, 6) is 0.100. The minimum absolute atomic E-state index is 0.0743. The van der Waals surface area contributed by atoms with E-state index in [-0.39, 0.29) is 23.6 Å². The van der Waals surface area contributed by atoms with E-state index >= 15 is 0 Å². The molecule has 0 saturated carbocycles. The van der Waals surface area contributed by atoms with E-state index in [0.717, 1.165) is 43.7 Å². The van der Waals surface area contributed by atoms with Crippen molar-refractivity contribution in [2.75, 3.05) is 32.7 Å². The second-order valence-corrected chi connectivity index (χ2v) is 9.65. The number of likely N-dealkylation sites (tertiary alicyclic amines) is 1. The molecule has 2 aromatic carbocycles. The molecule has 2 atom stereocenters. The lowest BCUT2D eigenvalue weighted by Crippen LogP contribution is -2.78. The van der Waals surface area contributed by atoms with Gasteiger partial charge in [0.05, 0.1) is 17.2 Å². The van der Waals surface area contributed by atoms with E-state index < -0.39 is 0 Å². The Kier molecular flexibility index (Phi) is 4.75. The zero-order chi connectivity index (χ0) is 21.7. The number of β-amino-alcohol motifs (C(OH)–C–C–N with tert-alkyl or cyclic N) is 1. The predicted molar refractivity (Wildman–Crippen MR) is 123 cm³/mol. The van der Waals surface area contributed by atoms with Crippen LogP contribution in [0.25, 0.3) is 10.9 Å². The average Bonchev–Trinajstić information content (AvgIpc) is 3.18. The lowest BCUT2D eigenvalue weighted by molar-refractivity contribution is -0.108. The number of piperazine rings is 1. The Morgan fingerprint density at radius 2 is 1.81 bits per heavy atom. The van der Waals surface area contributed by atoms with Gasteiger partial charge < -0.3 is 10.0 Å². The number of hydrogen-bond donors (Lipinski definition) is 1. The molecule has 1 N–H and O–H groups in total. The van der Waals surface area contributed by atoms with Crippen LogP contribution in [-0.2, 0) is 6.54 Å². The number of aliphatic hydroxyl groups excluding tert-OH is 1. The molecule has 0 radical (unpaired) electrons. The van der Waals surface area contributed by atoms with Crippen LogP contribution in [0.4, 0.5) is 0 Å². The number of pyridine rings is 1. The Morgan fingerprint density at radius 1 is 1.03 bits per heavy atom. The summed E-state index contributed by atoms with van der Waals surface area (Å²) < 4.78 is 0. The molecule has 3 fully saturated rings. The number of benzene rings is 2. The smallest absolute Gasteiger partial charge is 0.253 e. The second kappa shape index (κ2) is 7.66. The quantitative estimate of drug-likeness (QED) is 0.694. The van der Waals surface area contributed by atoms with Crippen molar-refractivity contribution in [3.05, 3.63) is 78.0 Å². The van der Waals surface area contributed by atoms with Crippen molar-refractivity contribution in [3.63, 3.8) is 0 Å². The van der Waals surface area contributed by atoms with Gasteiger partial charge >= 0.3 is 0 Å². The molecular formula is C26H28N4O2. The van der Waals surface area contributed by atoms with Crippen molar-refractivity contribution >= 4 is 16.8 Å². The summed E-state index contributed by atoms with van der Waals surface area (Å²) in [5, 5.41) is 11.6.